The number of hydrogen-bond donors (Lipinski definition) is 0. The van der Waals surface area contributed by atoms with Crippen LogP contribution < -0.4 is 0 Å². The number of likely N-dealkylation sites (N-methyl/N-ethyl adjacent to an activating group) is 1. The van der Waals surface area contributed by atoms with Gasteiger partial charge in [-0.25, -0.2) is 0 Å². The fraction of sp³-hybridized carbons (Fsp3) is 0.824. The van der Waals surface area contributed by atoms with Crippen molar-refractivity contribution in [2.75, 3.05) is 26.2 Å². The molecule has 116 valence electrons. The maximum atomic E-state index is 12.3. The van der Waals surface area contributed by atoms with Gasteiger partial charge in [0.05, 0.1) is 5.92 Å². The zero-order valence-electron chi connectivity index (χ0n) is 13.4. The Bertz CT molecular complexity index is 297. The predicted molar refractivity (Wildman–Crippen MR) is 83.6 cm³/mol. The van der Waals surface area contributed by atoms with Crippen LogP contribution >= 0.6 is 0 Å². The first-order chi connectivity index (χ1) is 9.72. The average Bonchev–Trinajstić information content (AvgIpc) is 2.98. The van der Waals surface area contributed by atoms with Crippen LogP contribution in [0.3, 0.4) is 0 Å². The number of ether oxygens (including phenoxy) is 1. The van der Waals surface area contributed by atoms with Crippen LogP contribution in [0.1, 0.15) is 52.9 Å². The Morgan fingerprint density at radius 1 is 1.35 bits per heavy atom. The Labute approximate surface area is 124 Å². The van der Waals surface area contributed by atoms with E-state index in [4.69, 9.17) is 4.74 Å². The number of rotatable bonds is 10. The molecule has 0 heterocycles. The summed E-state index contributed by atoms with van der Waals surface area (Å²) in [6, 6.07) is 0. The van der Waals surface area contributed by atoms with Crippen molar-refractivity contribution < 1.29 is 9.53 Å². The van der Waals surface area contributed by atoms with Gasteiger partial charge in [0.25, 0.3) is 0 Å². The van der Waals surface area contributed by atoms with E-state index in [-0.39, 0.29) is 11.9 Å². The smallest absolute Gasteiger partial charge is 0.309 e. The highest BCUT2D eigenvalue weighted by molar-refractivity contribution is 5.73. The summed E-state index contributed by atoms with van der Waals surface area (Å²) < 4.78 is 5.53. The topological polar surface area (TPSA) is 29.5 Å². The minimum Gasteiger partial charge on any atom is -0.464 e. The molecule has 0 radical (unpaired) electrons. The van der Waals surface area contributed by atoms with Crippen molar-refractivity contribution in [2.45, 2.75) is 52.9 Å². The van der Waals surface area contributed by atoms with Gasteiger partial charge in [-0.2, -0.15) is 0 Å². The predicted octanol–water partition coefficient (Wildman–Crippen LogP) is 3.64. The van der Waals surface area contributed by atoms with Crippen molar-refractivity contribution in [3.8, 4) is 0 Å². The van der Waals surface area contributed by atoms with Crippen LogP contribution in [0.5, 0.6) is 0 Å². The molecule has 0 N–H and O–H groups in total. The Balaban J connectivity index is 2.40. The van der Waals surface area contributed by atoms with Crippen LogP contribution in [0.25, 0.3) is 0 Å². The van der Waals surface area contributed by atoms with E-state index in [1.165, 1.54) is 0 Å². The fourth-order valence-corrected chi connectivity index (χ4v) is 2.84. The summed E-state index contributed by atoms with van der Waals surface area (Å²) in [6.07, 6.45) is 9.85. The second-order valence-corrected chi connectivity index (χ2v) is 5.61. The Kier molecular flexibility index (Phi) is 8.59. The monoisotopic (exact) mass is 281 g/mol. The first-order valence-corrected chi connectivity index (χ1v) is 8.28. The van der Waals surface area contributed by atoms with Gasteiger partial charge in [0.2, 0.25) is 0 Å². The third-order valence-corrected chi connectivity index (χ3v) is 4.28. The van der Waals surface area contributed by atoms with E-state index in [9.17, 15) is 4.79 Å². The molecule has 0 amide bonds. The number of allylic oxidation sites excluding steroid dienone is 2. The molecular formula is C17H31NO2. The molecule has 0 aromatic carbocycles. The zero-order chi connectivity index (χ0) is 14.8. The highest BCUT2D eigenvalue weighted by atomic mass is 16.5. The van der Waals surface area contributed by atoms with Crippen LogP contribution in [0.15, 0.2) is 12.2 Å². The van der Waals surface area contributed by atoms with Gasteiger partial charge in [-0.3, -0.25) is 4.79 Å². The zero-order valence-corrected chi connectivity index (χ0v) is 13.4. The van der Waals surface area contributed by atoms with E-state index in [1.54, 1.807) is 0 Å². The van der Waals surface area contributed by atoms with E-state index >= 15 is 0 Å². The molecule has 1 aliphatic rings. The second-order valence-electron chi connectivity index (χ2n) is 5.61. The van der Waals surface area contributed by atoms with E-state index in [0.717, 1.165) is 51.7 Å². The lowest BCUT2D eigenvalue weighted by molar-refractivity contribution is -0.150. The summed E-state index contributed by atoms with van der Waals surface area (Å²) in [5.41, 5.74) is 0. The Morgan fingerprint density at radius 2 is 2.10 bits per heavy atom. The highest BCUT2D eigenvalue weighted by Gasteiger charge is 2.28. The lowest BCUT2D eigenvalue weighted by Gasteiger charge is -2.22. The Morgan fingerprint density at radius 3 is 2.65 bits per heavy atom. The summed E-state index contributed by atoms with van der Waals surface area (Å²) in [5.74, 6) is 0.495. The average molecular weight is 281 g/mol. The lowest BCUT2D eigenvalue weighted by Crippen LogP contribution is -2.30. The third-order valence-electron chi connectivity index (χ3n) is 4.28. The van der Waals surface area contributed by atoms with E-state index in [0.29, 0.717) is 12.5 Å². The molecule has 1 aliphatic carbocycles. The molecule has 0 saturated carbocycles. The molecule has 0 aromatic rings. The maximum Gasteiger partial charge on any atom is 0.309 e. The summed E-state index contributed by atoms with van der Waals surface area (Å²) in [5, 5.41) is 0. The number of carbonyl (C=O) groups is 1. The fourth-order valence-electron chi connectivity index (χ4n) is 2.84. The third kappa shape index (κ3) is 5.66. The first kappa shape index (κ1) is 17.2. The quantitative estimate of drug-likeness (QED) is 0.452. The minimum absolute atomic E-state index is 0.0159. The van der Waals surface area contributed by atoms with Gasteiger partial charge in [-0.15, -0.1) is 0 Å². The van der Waals surface area contributed by atoms with Gasteiger partial charge in [0.15, 0.2) is 0 Å². The minimum atomic E-state index is 0.0159. The van der Waals surface area contributed by atoms with Crippen molar-refractivity contribution in [1.29, 1.82) is 0 Å². The van der Waals surface area contributed by atoms with Crippen molar-refractivity contribution in [3.63, 3.8) is 0 Å². The molecule has 2 unspecified atom stereocenters. The van der Waals surface area contributed by atoms with Gasteiger partial charge in [-0.05, 0) is 38.3 Å². The largest absolute Gasteiger partial charge is 0.464 e. The molecular weight excluding hydrogens is 250 g/mol. The van der Waals surface area contributed by atoms with Gasteiger partial charge >= 0.3 is 5.97 Å². The lowest BCUT2D eigenvalue weighted by atomic mass is 9.87. The molecule has 3 nitrogen and oxygen atoms in total. The van der Waals surface area contributed by atoms with Gasteiger partial charge < -0.3 is 9.64 Å². The van der Waals surface area contributed by atoms with Crippen LogP contribution in [-0.2, 0) is 9.53 Å². The van der Waals surface area contributed by atoms with Crippen LogP contribution in [0.4, 0.5) is 0 Å². The molecule has 0 aromatic heterocycles. The second kappa shape index (κ2) is 9.98. The number of unbranched alkanes of at least 4 members (excludes halogenated alkanes) is 1. The molecule has 3 heteroatoms. The number of hydrogen-bond acceptors (Lipinski definition) is 3. The normalized spacial score (nSPS) is 19.5. The first-order valence-electron chi connectivity index (χ1n) is 8.28. The SMILES string of the molecule is CCCCC(C(=O)OCCN(CC)CC)C1C=CCC1. The van der Waals surface area contributed by atoms with Gasteiger partial charge in [0, 0.05) is 6.54 Å². The van der Waals surface area contributed by atoms with E-state index in [2.05, 4.69) is 37.8 Å². The number of esters is 1. The van der Waals surface area contributed by atoms with Crippen molar-refractivity contribution in [3.05, 3.63) is 12.2 Å². The molecule has 2 atom stereocenters. The van der Waals surface area contributed by atoms with Gasteiger partial charge in [-0.1, -0.05) is 45.8 Å². The van der Waals surface area contributed by atoms with Crippen LogP contribution in [-0.4, -0.2) is 37.1 Å². The molecule has 0 aliphatic heterocycles. The maximum absolute atomic E-state index is 12.3. The number of nitrogens with zero attached hydrogens (tertiary/aromatic N) is 1. The Hall–Kier alpha value is -0.830. The highest BCUT2D eigenvalue weighted by Crippen LogP contribution is 2.30. The van der Waals surface area contributed by atoms with Crippen LogP contribution in [0.2, 0.25) is 0 Å². The molecule has 1 rings (SSSR count). The molecule has 20 heavy (non-hydrogen) atoms. The summed E-state index contributed by atoms with van der Waals surface area (Å²) >= 11 is 0. The molecule has 0 spiro atoms. The van der Waals surface area contributed by atoms with E-state index in [1.807, 2.05) is 0 Å². The van der Waals surface area contributed by atoms with E-state index < -0.39 is 0 Å². The van der Waals surface area contributed by atoms with Crippen molar-refractivity contribution >= 4 is 5.97 Å². The van der Waals surface area contributed by atoms with Crippen molar-refractivity contribution in [1.82, 2.24) is 4.90 Å². The molecule has 0 fully saturated rings. The van der Waals surface area contributed by atoms with Crippen molar-refractivity contribution in [2.24, 2.45) is 11.8 Å². The number of carbonyl (C=O) groups excluding carboxylic acids is 1. The molecule has 0 saturated heterocycles. The summed E-state index contributed by atoms with van der Waals surface area (Å²) in [4.78, 5) is 14.6. The standard InChI is InChI=1S/C17H31NO2/c1-4-7-12-16(15-10-8-9-11-15)17(19)20-14-13-18(5-2)6-3/h8,10,15-16H,4-7,9,11-14H2,1-3H3. The van der Waals surface area contributed by atoms with Gasteiger partial charge in [0.1, 0.15) is 6.61 Å². The summed E-state index contributed by atoms with van der Waals surface area (Å²) in [7, 11) is 0. The summed E-state index contributed by atoms with van der Waals surface area (Å²) in [6.45, 7) is 9.85. The molecule has 0 bridgehead atoms. The van der Waals surface area contributed by atoms with Crippen LogP contribution in [0, 0.1) is 11.8 Å².